The van der Waals surface area contributed by atoms with E-state index >= 15 is 0 Å². The summed E-state index contributed by atoms with van der Waals surface area (Å²) in [5.74, 6) is 0.560. The van der Waals surface area contributed by atoms with Gasteiger partial charge in [-0.3, -0.25) is 9.59 Å². The molecule has 3 aromatic carbocycles. The van der Waals surface area contributed by atoms with Gasteiger partial charge in [0.2, 0.25) is 5.91 Å². The molecule has 0 spiro atoms. The number of aromatic amines is 1. The third-order valence-corrected chi connectivity index (χ3v) is 6.97. The smallest absolute Gasteiger partial charge is 0.251 e. The standard InChI is InChI=1S/C28H28ClN9O2/c1-14(25-35-20-8-6-18(34-28(31)32)13-22(20)36-25)26-37-21-7-4-16(11-23(21)38(26)2)27(40)33-10-9-15-3-5-17(29)12-19(15)24(30)39/h3-8,11-14H,9-10H2,1-2H3,(H2,30,39)(H,33,40)(H,35,36)(H4,31,32,34). The minimum absolute atomic E-state index is 0.0148. The number of rotatable bonds is 8. The van der Waals surface area contributed by atoms with E-state index in [-0.39, 0.29) is 17.8 Å². The average Bonchev–Trinajstić information content (AvgIpc) is 3.49. The van der Waals surface area contributed by atoms with Crippen LogP contribution in [0.4, 0.5) is 5.69 Å². The second-order valence-electron chi connectivity index (χ2n) is 9.49. The van der Waals surface area contributed by atoms with E-state index in [1.807, 2.05) is 42.8 Å². The largest absolute Gasteiger partial charge is 0.370 e. The number of imidazole rings is 2. The second-order valence-corrected chi connectivity index (χ2v) is 9.92. The van der Waals surface area contributed by atoms with Crippen LogP contribution < -0.4 is 22.5 Å². The number of nitrogens with one attached hydrogen (secondary N) is 2. The first-order chi connectivity index (χ1) is 19.1. The first-order valence-corrected chi connectivity index (χ1v) is 12.9. The molecule has 12 heteroatoms. The van der Waals surface area contributed by atoms with Crippen molar-refractivity contribution >= 4 is 57.1 Å². The zero-order valence-corrected chi connectivity index (χ0v) is 22.7. The number of halogens is 1. The van der Waals surface area contributed by atoms with Crippen LogP contribution in [0.5, 0.6) is 0 Å². The van der Waals surface area contributed by atoms with Gasteiger partial charge in [-0.15, -0.1) is 0 Å². The Morgan fingerprint density at radius 1 is 1.05 bits per heavy atom. The molecule has 1 unspecified atom stereocenters. The van der Waals surface area contributed by atoms with Crippen molar-refractivity contribution in [2.75, 3.05) is 6.54 Å². The summed E-state index contributed by atoms with van der Waals surface area (Å²) in [5, 5.41) is 3.33. The summed E-state index contributed by atoms with van der Waals surface area (Å²) < 4.78 is 1.96. The molecular formula is C28H28ClN9O2. The van der Waals surface area contributed by atoms with Crippen molar-refractivity contribution in [2.45, 2.75) is 19.3 Å². The number of aryl methyl sites for hydroxylation is 1. The summed E-state index contributed by atoms with van der Waals surface area (Å²) in [5.41, 5.74) is 21.8. The van der Waals surface area contributed by atoms with Crippen molar-refractivity contribution in [1.29, 1.82) is 0 Å². The van der Waals surface area contributed by atoms with Gasteiger partial charge in [0.15, 0.2) is 5.96 Å². The van der Waals surface area contributed by atoms with E-state index < -0.39 is 5.91 Å². The van der Waals surface area contributed by atoms with Gasteiger partial charge in [0.25, 0.3) is 5.91 Å². The van der Waals surface area contributed by atoms with Gasteiger partial charge in [-0.1, -0.05) is 17.7 Å². The van der Waals surface area contributed by atoms with Crippen molar-refractivity contribution in [3.8, 4) is 0 Å². The predicted molar refractivity (Wildman–Crippen MR) is 156 cm³/mol. The molecule has 0 saturated carbocycles. The van der Waals surface area contributed by atoms with Gasteiger partial charge in [-0.25, -0.2) is 15.0 Å². The summed E-state index contributed by atoms with van der Waals surface area (Å²) in [6, 6.07) is 15.8. The number of hydrogen-bond donors (Lipinski definition) is 5. The molecule has 0 bridgehead atoms. The Balaban J connectivity index is 1.33. The van der Waals surface area contributed by atoms with Crippen LogP contribution in [0.1, 0.15) is 50.8 Å². The number of guanidine groups is 1. The molecule has 5 rings (SSSR count). The van der Waals surface area contributed by atoms with Crippen LogP contribution in [0.25, 0.3) is 22.1 Å². The Hall–Kier alpha value is -4.90. The third kappa shape index (κ3) is 5.32. The zero-order valence-electron chi connectivity index (χ0n) is 21.9. The topological polar surface area (TPSA) is 183 Å². The van der Waals surface area contributed by atoms with Gasteiger partial charge in [-0.05, 0) is 67.4 Å². The Kier molecular flexibility index (Phi) is 7.14. The number of hydrogen-bond acceptors (Lipinski definition) is 5. The third-order valence-electron chi connectivity index (χ3n) is 6.73. The average molecular weight is 558 g/mol. The van der Waals surface area contributed by atoms with E-state index in [9.17, 15) is 9.59 Å². The van der Waals surface area contributed by atoms with Crippen molar-refractivity contribution < 1.29 is 9.59 Å². The highest BCUT2D eigenvalue weighted by Crippen LogP contribution is 2.28. The van der Waals surface area contributed by atoms with E-state index in [4.69, 9.17) is 38.8 Å². The summed E-state index contributed by atoms with van der Waals surface area (Å²) in [6.45, 7) is 2.34. The molecule has 0 saturated heterocycles. The molecule has 0 aliphatic rings. The quantitative estimate of drug-likeness (QED) is 0.144. The molecule has 2 heterocycles. The molecule has 0 aliphatic carbocycles. The van der Waals surface area contributed by atoms with E-state index in [1.165, 1.54) is 6.07 Å². The maximum atomic E-state index is 12.9. The fraction of sp³-hybridized carbons (Fsp3) is 0.179. The molecule has 0 aliphatic heterocycles. The lowest BCUT2D eigenvalue weighted by Crippen LogP contribution is -2.26. The first kappa shape index (κ1) is 26.7. The normalized spacial score (nSPS) is 12.0. The zero-order chi connectivity index (χ0) is 28.6. The Bertz CT molecular complexity index is 1800. The van der Waals surface area contributed by atoms with E-state index in [1.54, 1.807) is 24.3 Å². The molecule has 11 nitrogen and oxygen atoms in total. The van der Waals surface area contributed by atoms with Gasteiger partial charge in [0, 0.05) is 29.7 Å². The van der Waals surface area contributed by atoms with Gasteiger partial charge >= 0.3 is 0 Å². The van der Waals surface area contributed by atoms with Crippen LogP contribution in [0, 0.1) is 0 Å². The molecule has 8 N–H and O–H groups in total. The van der Waals surface area contributed by atoms with Gasteiger partial charge < -0.3 is 32.1 Å². The van der Waals surface area contributed by atoms with Gasteiger partial charge in [-0.2, -0.15) is 0 Å². The number of amides is 2. The highest BCUT2D eigenvalue weighted by molar-refractivity contribution is 6.31. The minimum Gasteiger partial charge on any atom is -0.370 e. The fourth-order valence-electron chi connectivity index (χ4n) is 4.71. The monoisotopic (exact) mass is 557 g/mol. The number of aliphatic imine (C=N–C) groups is 1. The number of carbonyl (C=O) groups is 2. The molecule has 2 amide bonds. The van der Waals surface area contributed by atoms with Crippen LogP contribution in [0.2, 0.25) is 5.02 Å². The SMILES string of the molecule is CC(c1nc2ccc(N=C(N)N)cc2[nH]1)c1nc2ccc(C(=O)NCCc3ccc(Cl)cc3C(N)=O)cc2n1C. The molecule has 2 aromatic heterocycles. The number of carbonyl (C=O) groups excluding carboxylic acids is 2. The van der Waals surface area contributed by atoms with E-state index in [0.717, 1.165) is 39.3 Å². The highest BCUT2D eigenvalue weighted by Gasteiger charge is 2.21. The lowest BCUT2D eigenvalue weighted by atomic mass is 10.0. The molecular weight excluding hydrogens is 530 g/mol. The molecule has 5 aromatic rings. The highest BCUT2D eigenvalue weighted by atomic mass is 35.5. The fourth-order valence-corrected chi connectivity index (χ4v) is 4.88. The maximum absolute atomic E-state index is 12.9. The van der Waals surface area contributed by atoms with Crippen LogP contribution in [0.15, 0.2) is 59.6 Å². The Labute approximate surface area is 234 Å². The number of nitrogens with two attached hydrogens (primary N) is 3. The number of fused-ring (bicyclic) bond motifs is 2. The van der Waals surface area contributed by atoms with Crippen LogP contribution >= 0.6 is 11.6 Å². The number of nitrogens with zero attached hydrogens (tertiary/aromatic N) is 4. The van der Waals surface area contributed by atoms with Crippen molar-refractivity contribution in [1.82, 2.24) is 24.8 Å². The van der Waals surface area contributed by atoms with Crippen LogP contribution in [-0.2, 0) is 13.5 Å². The number of H-pyrrole nitrogens is 1. The van der Waals surface area contributed by atoms with Crippen LogP contribution in [0.3, 0.4) is 0 Å². The lowest BCUT2D eigenvalue weighted by Gasteiger charge is -2.10. The molecule has 40 heavy (non-hydrogen) atoms. The van der Waals surface area contributed by atoms with E-state index in [2.05, 4.69) is 15.3 Å². The molecule has 0 fully saturated rings. The predicted octanol–water partition coefficient (Wildman–Crippen LogP) is 3.23. The Morgan fingerprint density at radius 2 is 1.82 bits per heavy atom. The Morgan fingerprint density at radius 3 is 2.58 bits per heavy atom. The van der Waals surface area contributed by atoms with Crippen LogP contribution in [-0.4, -0.2) is 43.8 Å². The summed E-state index contributed by atoms with van der Waals surface area (Å²) in [4.78, 5) is 41.6. The first-order valence-electron chi connectivity index (χ1n) is 12.5. The van der Waals surface area contributed by atoms with Gasteiger partial charge in [0.1, 0.15) is 11.6 Å². The minimum atomic E-state index is -0.561. The van der Waals surface area contributed by atoms with Crippen molar-refractivity contribution in [3.05, 3.63) is 88.0 Å². The van der Waals surface area contributed by atoms with E-state index in [0.29, 0.717) is 34.8 Å². The molecule has 204 valence electrons. The molecule has 0 radical (unpaired) electrons. The summed E-state index contributed by atoms with van der Waals surface area (Å²) in [7, 11) is 1.91. The second kappa shape index (κ2) is 10.7. The maximum Gasteiger partial charge on any atom is 0.251 e. The van der Waals surface area contributed by atoms with Crippen molar-refractivity contribution in [3.63, 3.8) is 0 Å². The summed E-state index contributed by atoms with van der Waals surface area (Å²) in [6.07, 6.45) is 0.432. The van der Waals surface area contributed by atoms with Gasteiger partial charge in [0.05, 0.1) is 33.7 Å². The summed E-state index contributed by atoms with van der Waals surface area (Å²) >= 11 is 5.98. The molecule has 1 atom stereocenters. The number of benzene rings is 3. The lowest BCUT2D eigenvalue weighted by molar-refractivity contribution is 0.0953. The number of primary amides is 1. The number of aromatic nitrogens is 4. The van der Waals surface area contributed by atoms with Crippen molar-refractivity contribution in [2.24, 2.45) is 29.2 Å².